The lowest BCUT2D eigenvalue weighted by atomic mass is 9.88. The van der Waals surface area contributed by atoms with Crippen molar-refractivity contribution in [2.45, 2.75) is 44.6 Å². The van der Waals surface area contributed by atoms with E-state index in [2.05, 4.69) is 10.3 Å². The van der Waals surface area contributed by atoms with E-state index in [4.69, 9.17) is 5.26 Å². The van der Waals surface area contributed by atoms with Crippen LogP contribution in [-0.2, 0) is 4.79 Å². The van der Waals surface area contributed by atoms with Gasteiger partial charge in [0.1, 0.15) is 11.8 Å². The monoisotopic (exact) mass is 298 g/mol. The summed E-state index contributed by atoms with van der Waals surface area (Å²) in [6, 6.07) is 5.93. The summed E-state index contributed by atoms with van der Waals surface area (Å²) in [7, 11) is 0. The van der Waals surface area contributed by atoms with Gasteiger partial charge in [-0.05, 0) is 31.4 Å². The summed E-state index contributed by atoms with van der Waals surface area (Å²) in [6.07, 6.45) is 8.38. The van der Waals surface area contributed by atoms with Gasteiger partial charge in [0.2, 0.25) is 5.91 Å². The Morgan fingerprint density at radius 2 is 2.14 bits per heavy atom. The van der Waals surface area contributed by atoms with Crippen LogP contribution < -0.4 is 5.32 Å². The minimum Gasteiger partial charge on any atom is -0.380 e. The van der Waals surface area contributed by atoms with Gasteiger partial charge in [0.15, 0.2) is 0 Å². The van der Waals surface area contributed by atoms with Crippen LogP contribution in [-0.4, -0.2) is 34.9 Å². The maximum Gasteiger partial charge on any atom is 0.225 e. The van der Waals surface area contributed by atoms with Gasteiger partial charge in [0.25, 0.3) is 0 Å². The van der Waals surface area contributed by atoms with Crippen molar-refractivity contribution in [3.8, 4) is 6.07 Å². The van der Waals surface area contributed by atoms with Gasteiger partial charge in [-0.2, -0.15) is 5.26 Å². The van der Waals surface area contributed by atoms with Crippen LogP contribution in [0.1, 0.15) is 44.2 Å². The van der Waals surface area contributed by atoms with Gasteiger partial charge >= 0.3 is 0 Å². The number of nitrogens with one attached hydrogen (secondary N) is 1. The molecule has 1 saturated carbocycles. The molecule has 1 saturated heterocycles. The van der Waals surface area contributed by atoms with E-state index in [1.807, 2.05) is 17.0 Å². The predicted molar refractivity (Wildman–Crippen MR) is 84.1 cm³/mol. The first kappa shape index (κ1) is 14.8. The summed E-state index contributed by atoms with van der Waals surface area (Å²) >= 11 is 0. The number of pyridine rings is 1. The number of nitriles is 1. The third-order valence-corrected chi connectivity index (χ3v) is 4.70. The van der Waals surface area contributed by atoms with Crippen LogP contribution in [0.3, 0.4) is 0 Å². The highest BCUT2D eigenvalue weighted by Gasteiger charge is 2.31. The summed E-state index contributed by atoms with van der Waals surface area (Å²) in [5, 5.41) is 12.3. The van der Waals surface area contributed by atoms with Gasteiger partial charge in [-0.25, -0.2) is 4.98 Å². The van der Waals surface area contributed by atoms with E-state index in [0.29, 0.717) is 11.6 Å². The van der Waals surface area contributed by atoms with Gasteiger partial charge in [-0.3, -0.25) is 4.79 Å². The molecule has 1 N–H and O–H groups in total. The predicted octanol–water partition coefficient (Wildman–Crippen LogP) is 2.55. The van der Waals surface area contributed by atoms with Gasteiger partial charge in [-0.15, -0.1) is 0 Å². The number of rotatable bonds is 3. The fraction of sp³-hybridized carbons (Fsp3) is 0.588. The van der Waals surface area contributed by atoms with E-state index in [-0.39, 0.29) is 12.0 Å². The molecule has 116 valence electrons. The fourth-order valence-corrected chi connectivity index (χ4v) is 3.50. The van der Waals surface area contributed by atoms with Gasteiger partial charge < -0.3 is 10.2 Å². The Hall–Kier alpha value is -2.09. The Balaban J connectivity index is 1.55. The molecule has 1 unspecified atom stereocenters. The fourth-order valence-electron chi connectivity index (χ4n) is 3.50. The average Bonchev–Trinajstić information content (AvgIpc) is 3.03. The van der Waals surface area contributed by atoms with E-state index < -0.39 is 0 Å². The number of carbonyl (C=O) groups excluding carboxylic acids is 1. The zero-order chi connectivity index (χ0) is 15.4. The van der Waals surface area contributed by atoms with Crippen molar-refractivity contribution in [2.24, 2.45) is 5.92 Å². The number of amides is 1. The van der Waals surface area contributed by atoms with Crippen LogP contribution >= 0.6 is 0 Å². The number of hydrogen-bond donors (Lipinski definition) is 1. The second-order valence-corrected chi connectivity index (χ2v) is 6.29. The Bertz CT molecular complexity index is 574. The maximum absolute atomic E-state index is 12.5. The molecule has 2 fully saturated rings. The van der Waals surface area contributed by atoms with Crippen LogP contribution in [0.25, 0.3) is 0 Å². The molecule has 2 heterocycles. The zero-order valence-electron chi connectivity index (χ0n) is 12.8. The molecule has 5 heteroatoms. The first-order chi connectivity index (χ1) is 10.8. The number of nitrogens with zero attached hydrogens (tertiary/aromatic N) is 3. The van der Waals surface area contributed by atoms with Crippen molar-refractivity contribution >= 4 is 11.6 Å². The molecule has 1 aromatic rings. The molecule has 2 aliphatic rings. The molecule has 22 heavy (non-hydrogen) atoms. The summed E-state index contributed by atoms with van der Waals surface area (Å²) in [5.41, 5.74) is 1.32. The third kappa shape index (κ3) is 3.38. The molecule has 0 bridgehead atoms. The number of hydrogen-bond acceptors (Lipinski definition) is 4. The van der Waals surface area contributed by atoms with E-state index in [0.717, 1.165) is 38.0 Å². The van der Waals surface area contributed by atoms with E-state index in [1.54, 1.807) is 12.3 Å². The van der Waals surface area contributed by atoms with E-state index >= 15 is 0 Å². The Labute approximate surface area is 131 Å². The van der Waals surface area contributed by atoms with Gasteiger partial charge in [0, 0.05) is 36.9 Å². The van der Waals surface area contributed by atoms with Crippen molar-refractivity contribution in [1.82, 2.24) is 9.88 Å². The largest absolute Gasteiger partial charge is 0.380 e. The van der Waals surface area contributed by atoms with Crippen LogP contribution in [0.5, 0.6) is 0 Å². The molecule has 1 aliphatic heterocycles. The summed E-state index contributed by atoms with van der Waals surface area (Å²) < 4.78 is 0. The Morgan fingerprint density at radius 1 is 1.32 bits per heavy atom. The zero-order valence-corrected chi connectivity index (χ0v) is 12.8. The molecule has 1 aromatic heterocycles. The smallest absolute Gasteiger partial charge is 0.225 e. The van der Waals surface area contributed by atoms with Crippen molar-refractivity contribution in [2.75, 3.05) is 18.4 Å². The van der Waals surface area contributed by atoms with E-state index in [9.17, 15) is 4.79 Å². The summed E-state index contributed by atoms with van der Waals surface area (Å²) in [4.78, 5) is 18.5. The lowest BCUT2D eigenvalue weighted by Gasteiger charge is -2.26. The van der Waals surface area contributed by atoms with Crippen LogP contribution in [0, 0.1) is 17.2 Å². The highest BCUT2D eigenvalue weighted by atomic mass is 16.2. The minimum atomic E-state index is 0.249. The molecule has 0 radical (unpaired) electrons. The Kier molecular flexibility index (Phi) is 4.57. The van der Waals surface area contributed by atoms with Crippen molar-refractivity contribution in [3.63, 3.8) is 0 Å². The van der Waals surface area contributed by atoms with Crippen LogP contribution in [0.2, 0.25) is 0 Å². The summed E-state index contributed by atoms with van der Waals surface area (Å²) in [6.45, 7) is 1.60. The molecular formula is C17H22N4O. The number of aromatic nitrogens is 1. The quantitative estimate of drug-likeness (QED) is 0.931. The lowest BCUT2D eigenvalue weighted by molar-refractivity contribution is -0.135. The van der Waals surface area contributed by atoms with Crippen molar-refractivity contribution < 1.29 is 4.79 Å². The first-order valence-corrected chi connectivity index (χ1v) is 8.18. The van der Waals surface area contributed by atoms with Crippen LogP contribution in [0.4, 0.5) is 5.69 Å². The first-order valence-electron chi connectivity index (χ1n) is 8.18. The number of anilines is 1. The highest BCUT2D eigenvalue weighted by Crippen LogP contribution is 2.27. The molecule has 5 nitrogen and oxygen atoms in total. The number of likely N-dealkylation sites (tertiary alicyclic amines) is 1. The number of carbonyl (C=O) groups is 1. The normalized spacial score (nSPS) is 22.3. The maximum atomic E-state index is 12.5. The average molecular weight is 298 g/mol. The third-order valence-electron chi connectivity index (χ3n) is 4.70. The molecule has 1 aliphatic carbocycles. The molecule has 1 amide bonds. The second kappa shape index (κ2) is 6.78. The standard InChI is InChI=1S/C17H22N4O/c18-11-16-10-14(6-8-19-16)20-15-7-9-21(12-15)17(22)13-4-2-1-3-5-13/h6,8,10,13,15H,1-5,7,9,12H2,(H,19,20). The molecule has 0 aromatic carbocycles. The van der Waals surface area contributed by atoms with Crippen LogP contribution in [0.15, 0.2) is 18.3 Å². The molecule has 0 spiro atoms. The van der Waals surface area contributed by atoms with E-state index in [1.165, 1.54) is 19.3 Å². The Morgan fingerprint density at radius 3 is 2.91 bits per heavy atom. The van der Waals surface area contributed by atoms with Crippen molar-refractivity contribution in [3.05, 3.63) is 24.0 Å². The van der Waals surface area contributed by atoms with Crippen molar-refractivity contribution in [1.29, 1.82) is 5.26 Å². The van der Waals surface area contributed by atoms with Gasteiger partial charge in [-0.1, -0.05) is 19.3 Å². The lowest BCUT2D eigenvalue weighted by Crippen LogP contribution is -2.36. The molecule has 3 rings (SSSR count). The topological polar surface area (TPSA) is 69.0 Å². The molecule has 1 atom stereocenters. The summed E-state index contributed by atoms with van der Waals surface area (Å²) in [5.74, 6) is 0.593. The van der Waals surface area contributed by atoms with Gasteiger partial charge in [0.05, 0.1) is 0 Å². The SMILES string of the molecule is N#Cc1cc(NC2CCN(C(=O)C3CCCCC3)C2)ccn1. The molecular weight excluding hydrogens is 276 g/mol. The second-order valence-electron chi connectivity index (χ2n) is 6.29. The minimum absolute atomic E-state index is 0.249. The highest BCUT2D eigenvalue weighted by molar-refractivity contribution is 5.79.